The number of ether oxygens (including phenoxy) is 2. The van der Waals surface area contributed by atoms with E-state index in [2.05, 4.69) is 9.47 Å². The van der Waals surface area contributed by atoms with Crippen LogP contribution in [0, 0.1) is 0 Å². The summed E-state index contributed by atoms with van der Waals surface area (Å²) in [6.45, 7) is -1.46. The summed E-state index contributed by atoms with van der Waals surface area (Å²) in [6.07, 6.45) is -13.0. The van der Waals surface area contributed by atoms with Crippen molar-refractivity contribution in [2.24, 2.45) is 0 Å². The van der Waals surface area contributed by atoms with Crippen LogP contribution in [0.4, 0.5) is 26.3 Å². The van der Waals surface area contributed by atoms with Crippen LogP contribution in [-0.4, -0.2) is 37.8 Å². The number of hydrogen-bond acceptors (Lipinski definition) is 5. The highest BCUT2D eigenvalue weighted by Crippen LogP contribution is 2.20. The number of hydrogen-bond donors (Lipinski definition) is 1. The molecule has 0 aromatic heterocycles. The van der Waals surface area contributed by atoms with E-state index in [1.54, 1.807) is 0 Å². The summed E-state index contributed by atoms with van der Waals surface area (Å²) >= 11 is 0. The van der Waals surface area contributed by atoms with Gasteiger partial charge in [-0.25, -0.2) is 0 Å². The quantitative estimate of drug-likeness (QED) is 0.348. The van der Waals surface area contributed by atoms with E-state index in [-0.39, 0.29) is 0 Å². The molecule has 0 heterocycles. The standard InChI is InChI=1S/C8H9F6NO4/c9-7(10,11)1-5(16)18-3-15-4-19-6(17)2-8(12,13)14/h15H,1-4H2. The minimum atomic E-state index is -4.71. The van der Waals surface area contributed by atoms with Crippen LogP contribution in [-0.2, 0) is 19.1 Å². The van der Waals surface area contributed by atoms with Gasteiger partial charge in [0.15, 0.2) is 0 Å². The second kappa shape index (κ2) is 7.16. The fraction of sp³-hybridized carbons (Fsp3) is 0.750. The minimum Gasteiger partial charge on any atom is -0.449 e. The Morgan fingerprint density at radius 3 is 1.37 bits per heavy atom. The summed E-state index contributed by atoms with van der Waals surface area (Å²) in [6, 6.07) is 0. The summed E-state index contributed by atoms with van der Waals surface area (Å²) < 4.78 is 77.9. The van der Waals surface area contributed by atoms with E-state index in [9.17, 15) is 35.9 Å². The highest BCUT2D eigenvalue weighted by Gasteiger charge is 2.33. The van der Waals surface area contributed by atoms with E-state index in [1.807, 2.05) is 5.32 Å². The van der Waals surface area contributed by atoms with E-state index < -0.39 is 50.6 Å². The molecule has 1 N–H and O–H groups in total. The second-order valence-electron chi connectivity index (χ2n) is 3.16. The fourth-order valence-electron chi connectivity index (χ4n) is 0.734. The summed E-state index contributed by atoms with van der Waals surface area (Å²) in [5.74, 6) is -3.14. The number of carbonyl (C=O) groups excluding carboxylic acids is 2. The lowest BCUT2D eigenvalue weighted by atomic mass is 10.4. The van der Waals surface area contributed by atoms with Crippen molar-refractivity contribution >= 4 is 11.9 Å². The summed E-state index contributed by atoms with van der Waals surface area (Å²) in [7, 11) is 0. The molecule has 0 aromatic rings. The van der Waals surface area contributed by atoms with Crippen LogP contribution in [0.2, 0.25) is 0 Å². The molecule has 0 radical (unpaired) electrons. The molecular weight excluding hydrogens is 288 g/mol. The third-order valence-electron chi connectivity index (χ3n) is 1.36. The Bertz CT molecular complexity index is 283. The van der Waals surface area contributed by atoms with Crippen LogP contribution in [0.1, 0.15) is 12.8 Å². The lowest BCUT2D eigenvalue weighted by Gasteiger charge is -2.09. The van der Waals surface area contributed by atoms with Crippen molar-refractivity contribution in [3.63, 3.8) is 0 Å². The van der Waals surface area contributed by atoms with Crippen molar-refractivity contribution in [3.8, 4) is 0 Å². The highest BCUT2D eigenvalue weighted by atomic mass is 19.4. The smallest absolute Gasteiger partial charge is 0.399 e. The summed E-state index contributed by atoms with van der Waals surface area (Å²) in [5.41, 5.74) is 0. The van der Waals surface area contributed by atoms with Gasteiger partial charge in [-0.1, -0.05) is 0 Å². The van der Waals surface area contributed by atoms with Crippen molar-refractivity contribution in [1.29, 1.82) is 0 Å². The molecule has 5 nitrogen and oxygen atoms in total. The molecule has 0 aliphatic rings. The van der Waals surface area contributed by atoms with Gasteiger partial charge in [-0.05, 0) is 0 Å². The Labute approximate surface area is 102 Å². The Kier molecular flexibility index (Phi) is 6.59. The highest BCUT2D eigenvalue weighted by molar-refractivity contribution is 5.70. The monoisotopic (exact) mass is 297 g/mol. The Balaban J connectivity index is 3.61. The van der Waals surface area contributed by atoms with Gasteiger partial charge in [-0.15, -0.1) is 0 Å². The molecule has 0 fully saturated rings. The number of halogens is 6. The third kappa shape index (κ3) is 12.7. The molecule has 0 saturated carbocycles. The molecule has 0 unspecified atom stereocenters. The topological polar surface area (TPSA) is 64.6 Å². The number of alkyl halides is 6. The molecule has 0 atom stereocenters. The van der Waals surface area contributed by atoms with Crippen molar-refractivity contribution in [3.05, 3.63) is 0 Å². The largest absolute Gasteiger partial charge is 0.449 e. The van der Waals surface area contributed by atoms with Gasteiger partial charge >= 0.3 is 24.3 Å². The van der Waals surface area contributed by atoms with Crippen LogP contribution in [0.5, 0.6) is 0 Å². The molecule has 19 heavy (non-hydrogen) atoms. The predicted octanol–water partition coefficient (Wildman–Crippen LogP) is 1.48. The van der Waals surface area contributed by atoms with Gasteiger partial charge in [0.2, 0.25) is 0 Å². The van der Waals surface area contributed by atoms with Gasteiger partial charge in [0.1, 0.15) is 26.3 Å². The van der Waals surface area contributed by atoms with Crippen molar-refractivity contribution in [2.75, 3.05) is 13.5 Å². The Hall–Kier alpha value is -1.52. The van der Waals surface area contributed by atoms with Crippen molar-refractivity contribution in [1.82, 2.24) is 5.32 Å². The van der Waals surface area contributed by atoms with Crippen molar-refractivity contribution in [2.45, 2.75) is 25.2 Å². The molecule has 0 amide bonds. The molecule has 11 heteroatoms. The molecule has 0 aromatic carbocycles. The van der Waals surface area contributed by atoms with Crippen LogP contribution in [0.15, 0.2) is 0 Å². The molecule has 112 valence electrons. The number of rotatable bonds is 6. The normalized spacial score (nSPS) is 12.1. The lowest BCUT2D eigenvalue weighted by Crippen LogP contribution is -2.28. The number of esters is 2. The molecule has 0 bridgehead atoms. The molecular formula is C8H9F6NO4. The average Bonchev–Trinajstić information content (AvgIpc) is 2.10. The average molecular weight is 297 g/mol. The van der Waals surface area contributed by atoms with Crippen LogP contribution >= 0.6 is 0 Å². The third-order valence-corrected chi connectivity index (χ3v) is 1.36. The molecule has 0 rings (SSSR count). The summed E-state index contributed by atoms with van der Waals surface area (Å²) in [5, 5.41) is 2.00. The Morgan fingerprint density at radius 1 is 0.789 bits per heavy atom. The first kappa shape index (κ1) is 17.5. The van der Waals surface area contributed by atoms with Gasteiger partial charge < -0.3 is 9.47 Å². The lowest BCUT2D eigenvalue weighted by molar-refractivity contribution is -0.173. The zero-order valence-corrected chi connectivity index (χ0v) is 9.23. The fourth-order valence-corrected chi connectivity index (χ4v) is 0.734. The maximum absolute atomic E-state index is 11.6. The van der Waals surface area contributed by atoms with Gasteiger partial charge in [0.05, 0.1) is 0 Å². The number of nitrogens with one attached hydrogen (secondary N) is 1. The van der Waals surface area contributed by atoms with E-state index in [4.69, 9.17) is 0 Å². The SMILES string of the molecule is O=C(CC(F)(F)F)OCNCOC(=O)CC(F)(F)F. The van der Waals surface area contributed by atoms with Gasteiger partial charge in [-0.2, -0.15) is 26.3 Å². The van der Waals surface area contributed by atoms with E-state index >= 15 is 0 Å². The molecule has 0 aliphatic heterocycles. The maximum Gasteiger partial charge on any atom is 0.399 e. The van der Waals surface area contributed by atoms with Crippen LogP contribution in [0.25, 0.3) is 0 Å². The molecule has 0 spiro atoms. The zero-order valence-electron chi connectivity index (χ0n) is 9.23. The number of carbonyl (C=O) groups is 2. The van der Waals surface area contributed by atoms with Crippen LogP contribution in [0.3, 0.4) is 0 Å². The van der Waals surface area contributed by atoms with Crippen LogP contribution < -0.4 is 5.32 Å². The van der Waals surface area contributed by atoms with Gasteiger partial charge in [-0.3, -0.25) is 14.9 Å². The van der Waals surface area contributed by atoms with E-state index in [0.29, 0.717) is 0 Å². The van der Waals surface area contributed by atoms with E-state index in [1.165, 1.54) is 0 Å². The van der Waals surface area contributed by atoms with Gasteiger partial charge in [0, 0.05) is 0 Å². The van der Waals surface area contributed by atoms with Crippen molar-refractivity contribution < 1.29 is 45.4 Å². The first-order chi connectivity index (χ1) is 8.49. The first-order valence-corrected chi connectivity index (χ1v) is 4.65. The summed E-state index contributed by atoms with van der Waals surface area (Å²) in [4.78, 5) is 21.0. The second-order valence-corrected chi connectivity index (χ2v) is 3.16. The molecule has 0 saturated heterocycles. The predicted molar refractivity (Wildman–Crippen MR) is 46.4 cm³/mol. The maximum atomic E-state index is 11.6. The van der Waals surface area contributed by atoms with Gasteiger partial charge in [0.25, 0.3) is 0 Å². The van der Waals surface area contributed by atoms with E-state index in [0.717, 1.165) is 0 Å². The molecule has 0 aliphatic carbocycles. The zero-order chi connectivity index (χ0) is 15.1. The Morgan fingerprint density at radius 2 is 1.11 bits per heavy atom. The first-order valence-electron chi connectivity index (χ1n) is 4.65. The minimum absolute atomic E-state index is 0.728.